The van der Waals surface area contributed by atoms with E-state index in [1.807, 2.05) is 75.7 Å². The van der Waals surface area contributed by atoms with Crippen LogP contribution in [0.25, 0.3) is 44.3 Å². The number of likely N-dealkylation sites (tertiary alicyclic amines) is 2. The highest BCUT2D eigenvalue weighted by Gasteiger charge is 2.39. The highest BCUT2D eigenvalue weighted by atomic mass is 16.5. The molecule has 0 bridgehead atoms. The number of rotatable bonds is 10. The molecule has 4 amide bonds. The second kappa shape index (κ2) is 16.3. The summed E-state index contributed by atoms with van der Waals surface area (Å²) in [5, 5.41) is 6.48. The van der Waals surface area contributed by atoms with Crippen molar-refractivity contribution < 1.29 is 28.7 Å². The lowest BCUT2D eigenvalue weighted by Gasteiger charge is -2.30. The average molecular weight is 794 g/mol. The Morgan fingerprint density at radius 3 is 1.67 bits per heavy atom. The first-order chi connectivity index (χ1) is 27.8. The lowest BCUT2D eigenvalue weighted by atomic mass is 10.0. The normalized spacial score (nSPS) is 17.9. The van der Waals surface area contributed by atoms with E-state index in [1.54, 1.807) is 22.2 Å². The lowest BCUT2D eigenvalue weighted by Crippen LogP contribution is -2.51. The van der Waals surface area contributed by atoms with Crippen molar-refractivity contribution in [1.82, 2.24) is 44.9 Å². The second-order valence-electron chi connectivity index (χ2n) is 15.8. The largest absolute Gasteiger partial charge is 0.453 e. The average Bonchev–Trinajstić information content (AvgIpc) is 4.06. The number of ether oxygens (including phenoxy) is 2. The van der Waals surface area contributed by atoms with Crippen LogP contribution in [0.3, 0.4) is 0 Å². The molecule has 5 aromatic rings. The summed E-state index contributed by atoms with van der Waals surface area (Å²) < 4.78 is 11.5. The van der Waals surface area contributed by atoms with Crippen LogP contribution in [-0.4, -0.2) is 97.7 Å². The van der Waals surface area contributed by atoms with E-state index in [0.29, 0.717) is 35.5 Å². The number of imidazole rings is 2. The van der Waals surface area contributed by atoms with Crippen molar-refractivity contribution in [1.29, 1.82) is 0 Å². The summed E-state index contributed by atoms with van der Waals surface area (Å²) in [6.07, 6.45) is 5.23. The maximum atomic E-state index is 14.1. The number of benzene rings is 2. The van der Waals surface area contributed by atoms with Gasteiger partial charge >= 0.3 is 12.2 Å². The molecule has 2 fully saturated rings. The molecule has 0 radical (unpaired) electrons. The van der Waals surface area contributed by atoms with Gasteiger partial charge in [-0.1, -0.05) is 39.8 Å². The molecule has 0 aliphatic carbocycles. The molecule has 4 N–H and O–H groups in total. The van der Waals surface area contributed by atoms with Crippen molar-refractivity contribution in [2.45, 2.75) is 77.5 Å². The molecule has 4 atom stereocenters. The van der Waals surface area contributed by atoms with Crippen molar-refractivity contribution in [2.75, 3.05) is 27.3 Å². The zero-order chi connectivity index (χ0) is 41.4. The first kappa shape index (κ1) is 40.0. The third kappa shape index (κ3) is 7.50. The number of H-pyrrole nitrogens is 2. The molecule has 5 heterocycles. The maximum Gasteiger partial charge on any atom is 0.407 e. The number of methoxy groups -OCH3 is 2. The van der Waals surface area contributed by atoms with Gasteiger partial charge in [-0.15, -0.1) is 0 Å². The molecule has 2 aliphatic heterocycles. The maximum absolute atomic E-state index is 14.1. The number of amides is 4. The molecule has 2 aliphatic rings. The third-order valence-electron chi connectivity index (χ3n) is 11.5. The first-order valence-electron chi connectivity index (χ1n) is 19.8. The summed E-state index contributed by atoms with van der Waals surface area (Å²) in [5.74, 6) is 0.659. The van der Waals surface area contributed by atoms with Crippen LogP contribution in [0.2, 0.25) is 0 Å². The molecule has 3 aromatic heterocycles. The lowest BCUT2D eigenvalue weighted by molar-refractivity contribution is -0.136. The second-order valence-corrected chi connectivity index (χ2v) is 15.8. The van der Waals surface area contributed by atoms with E-state index in [9.17, 15) is 24.0 Å². The van der Waals surface area contributed by atoms with Crippen LogP contribution < -0.4 is 16.1 Å². The fourth-order valence-corrected chi connectivity index (χ4v) is 8.31. The number of fused-ring (bicyclic) bond motifs is 2. The highest BCUT2D eigenvalue weighted by molar-refractivity contribution is 5.96. The number of carbonyl (C=O) groups excluding carboxylic acids is 4. The van der Waals surface area contributed by atoms with Gasteiger partial charge in [-0.3, -0.25) is 14.4 Å². The number of hydrogen-bond acceptors (Lipinski definition) is 9. The third-order valence-corrected chi connectivity index (χ3v) is 11.5. The number of aryl methyl sites for hydroxylation is 1. The number of alkyl carbamates (subject to hydrolysis) is 2. The molecular formula is C42H51N9O7. The van der Waals surface area contributed by atoms with Gasteiger partial charge < -0.3 is 44.4 Å². The topological polar surface area (TPSA) is 197 Å². The van der Waals surface area contributed by atoms with Crippen molar-refractivity contribution in [3.05, 3.63) is 70.7 Å². The molecule has 306 valence electrons. The minimum Gasteiger partial charge on any atom is -0.453 e. The summed E-state index contributed by atoms with van der Waals surface area (Å²) in [6, 6.07) is 9.41. The highest BCUT2D eigenvalue weighted by Crippen LogP contribution is 2.35. The summed E-state index contributed by atoms with van der Waals surface area (Å²) >= 11 is 0. The van der Waals surface area contributed by atoms with Crippen molar-refractivity contribution >= 4 is 45.8 Å². The van der Waals surface area contributed by atoms with Gasteiger partial charge in [0.25, 0.3) is 0 Å². The number of carbonyl (C=O) groups is 4. The van der Waals surface area contributed by atoms with Gasteiger partial charge in [-0.05, 0) is 61.8 Å². The minimum absolute atomic E-state index is 0.104. The Morgan fingerprint density at radius 1 is 0.707 bits per heavy atom. The fourth-order valence-electron chi connectivity index (χ4n) is 8.31. The Labute approximate surface area is 335 Å². The number of pyridine rings is 1. The monoisotopic (exact) mass is 793 g/mol. The number of aromatic amines is 2. The van der Waals surface area contributed by atoms with Crippen LogP contribution in [0, 0.1) is 11.8 Å². The summed E-state index contributed by atoms with van der Waals surface area (Å²) in [7, 11) is 4.48. The van der Waals surface area contributed by atoms with Crippen molar-refractivity contribution in [3.63, 3.8) is 0 Å². The van der Waals surface area contributed by atoms with Crippen LogP contribution in [-0.2, 0) is 26.1 Å². The van der Waals surface area contributed by atoms with Crippen LogP contribution in [0.1, 0.15) is 77.1 Å². The predicted octanol–water partition coefficient (Wildman–Crippen LogP) is 5.56. The molecule has 1 unspecified atom stereocenters. The van der Waals surface area contributed by atoms with Crippen molar-refractivity contribution in [3.8, 4) is 22.5 Å². The number of nitrogens with one attached hydrogen (secondary N) is 4. The smallest absolute Gasteiger partial charge is 0.407 e. The molecule has 58 heavy (non-hydrogen) atoms. The molecule has 7 rings (SSSR count). The molecular weight excluding hydrogens is 743 g/mol. The van der Waals surface area contributed by atoms with E-state index in [1.165, 1.54) is 14.2 Å². The van der Waals surface area contributed by atoms with E-state index < -0.39 is 24.3 Å². The molecule has 2 aromatic carbocycles. The predicted molar refractivity (Wildman–Crippen MR) is 218 cm³/mol. The summed E-state index contributed by atoms with van der Waals surface area (Å²) in [5.41, 5.74) is 4.50. The van der Waals surface area contributed by atoms with Crippen LogP contribution in [0.5, 0.6) is 0 Å². The minimum atomic E-state index is -0.732. The van der Waals surface area contributed by atoms with Crippen molar-refractivity contribution in [2.24, 2.45) is 18.9 Å². The Kier molecular flexibility index (Phi) is 11.3. The van der Waals surface area contributed by atoms with E-state index in [0.717, 1.165) is 59.2 Å². The summed E-state index contributed by atoms with van der Waals surface area (Å²) in [6.45, 7) is 8.62. The quantitative estimate of drug-likeness (QED) is 0.131. The van der Waals surface area contributed by atoms with Crippen LogP contribution in [0.15, 0.2) is 53.6 Å². The number of aromatic nitrogens is 5. The van der Waals surface area contributed by atoms with E-state index in [4.69, 9.17) is 9.47 Å². The summed E-state index contributed by atoms with van der Waals surface area (Å²) in [4.78, 5) is 85.1. The fraction of sp³-hybridized carbons (Fsp3) is 0.452. The van der Waals surface area contributed by atoms with Crippen LogP contribution in [0.4, 0.5) is 9.59 Å². The molecule has 2 saturated heterocycles. The molecule has 0 saturated carbocycles. The zero-order valence-electron chi connectivity index (χ0n) is 33.9. The Morgan fingerprint density at radius 2 is 1.19 bits per heavy atom. The van der Waals surface area contributed by atoms with Gasteiger partial charge in [0.15, 0.2) is 5.43 Å². The van der Waals surface area contributed by atoms with Gasteiger partial charge in [-0.2, -0.15) is 0 Å². The molecule has 16 nitrogen and oxygen atoms in total. The van der Waals surface area contributed by atoms with Gasteiger partial charge in [0.1, 0.15) is 23.7 Å². The molecule has 16 heteroatoms. The Balaban J connectivity index is 1.13. The van der Waals surface area contributed by atoms with E-state index >= 15 is 0 Å². The first-order valence-corrected chi connectivity index (χ1v) is 19.8. The zero-order valence-corrected chi connectivity index (χ0v) is 33.9. The number of nitrogens with zero attached hydrogens (tertiary/aromatic N) is 5. The van der Waals surface area contributed by atoms with Gasteiger partial charge in [-0.25, -0.2) is 19.6 Å². The van der Waals surface area contributed by atoms with Gasteiger partial charge in [0.2, 0.25) is 11.8 Å². The Hall–Kier alpha value is -6.19. The van der Waals surface area contributed by atoms with Crippen LogP contribution >= 0.6 is 0 Å². The SMILES string of the molecule is COC(=O)NC(C(=O)N1CCC[C@H]1c1ncc(-c2ccc3c(c2)c(=O)c2ccc(-c4cnc([C@@H]5CCCN5C(=O)[C@@H](NC(=O)OC)C(C)C)[nH]4)cc2n3C)[nH]1)C(C)C. The van der Waals surface area contributed by atoms with Gasteiger partial charge in [0, 0.05) is 42.0 Å². The van der Waals surface area contributed by atoms with E-state index in [-0.39, 0.29) is 41.2 Å². The molecule has 0 spiro atoms. The Bertz CT molecular complexity index is 2430. The standard InChI is InChI=1S/C42H51N9O7/c1-22(2)34(47-41(55)57-6)39(53)50-16-8-10-31(50)37-43-20-28(45-37)24-13-15-30-27(18-24)36(52)26-14-12-25(19-33(26)49(30)5)29-21-44-38(46-29)32-11-9-17-51(32)40(54)35(23(3)4)48-42(56)58-7/h12-15,18-23,31-32,34-35H,8-11,16-17H2,1-7H3,(H,43,45)(H,44,46)(H,47,55)(H,48,56)/t31-,32-,34?,35-/m0/s1. The van der Waals surface area contributed by atoms with Gasteiger partial charge in [0.05, 0.1) is 61.1 Å². The van der Waals surface area contributed by atoms with E-state index in [2.05, 4.69) is 30.6 Å². The number of hydrogen-bond donors (Lipinski definition) is 4.